The van der Waals surface area contributed by atoms with Gasteiger partial charge in [0.25, 0.3) is 5.56 Å². The molecule has 3 heterocycles. The molecule has 2 fully saturated rings. The highest BCUT2D eigenvalue weighted by Crippen LogP contribution is 2.37. The number of likely N-dealkylation sites (tertiary alicyclic amines) is 1. The second-order valence-electron chi connectivity index (χ2n) is 12.1. The molecule has 49 heavy (non-hydrogen) atoms. The lowest BCUT2D eigenvalue weighted by molar-refractivity contribution is -0.132. The number of ether oxygens (including phenoxy) is 2. The number of hydrogen-bond donors (Lipinski definition) is 2. The average Bonchev–Trinajstić information content (AvgIpc) is 3.53. The molecule has 2 unspecified atom stereocenters. The van der Waals surface area contributed by atoms with Crippen LogP contribution in [0.3, 0.4) is 0 Å². The number of rotatable bonds is 9. The van der Waals surface area contributed by atoms with Crippen molar-refractivity contribution in [2.24, 2.45) is 0 Å². The number of carbonyl (C=O) groups is 2. The molecule has 2 aliphatic heterocycles. The fourth-order valence-electron chi connectivity index (χ4n) is 6.39. The lowest BCUT2D eigenvalue weighted by Crippen LogP contribution is -2.57. The number of nitrogens with zero attached hydrogens (tertiary/aromatic N) is 6. The van der Waals surface area contributed by atoms with Crippen LogP contribution in [-0.2, 0) is 4.79 Å². The fraction of sp³-hybridized carbons (Fsp3) is 0.371. The molecule has 1 aromatic heterocycles. The van der Waals surface area contributed by atoms with Crippen LogP contribution < -0.4 is 30.3 Å². The molecule has 2 N–H and O–H groups in total. The Labute approximate surface area is 283 Å². The quantitative estimate of drug-likeness (QED) is 0.275. The van der Waals surface area contributed by atoms with Crippen LogP contribution in [0.4, 0.5) is 20.6 Å². The molecule has 0 saturated carbocycles. The molecule has 258 valence electrons. The summed E-state index contributed by atoms with van der Waals surface area (Å²) in [4.78, 5) is 51.7. The number of nitrogens with one attached hydrogen (secondary N) is 1. The molecular weight excluding hydrogens is 633 g/mol. The zero-order chi connectivity index (χ0) is 34.7. The normalized spacial score (nSPS) is 17.2. The second-order valence-corrected chi connectivity index (χ2v) is 12.1. The number of amides is 3. The van der Waals surface area contributed by atoms with Gasteiger partial charge in [0.1, 0.15) is 17.3 Å². The summed E-state index contributed by atoms with van der Waals surface area (Å²) in [5.74, 6) is 0.679. The van der Waals surface area contributed by atoms with Crippen LogP contribution in [0, 0.1) is 5.82 Å². The minimum absolute atomic E-state index is 0.0263. The van der Waals surface area contributed by atoms with E-state index in [0.29, 0.717) is 85.3 Å². The maximum absolute atomic E-state index is 14.3. The van der Waals surface area contributed by atoms with Gasteiger partial charge in [-0.1, -0.05) is 12.1 Å². The van der Waals surface area contributed by atoms with Gasteiger partial charge < -0.3 is 29.8 Å². The molecule has 0 radical (unpaired) electrons. The third kappa shape index (κ3) is 7.15. The van der Waals surface area contributed by atoms with E-state index in [0.717, 1.165) is 0 Å². The maximum Gasteiger partial charge on any atom is 0.327 e. The van der Waals surface area contributed by atoms with Gasteiger partial charge >= 0.3 is 6.03 Å². The van der Waals surface area contributed by atoms with Crippen LogP contribution in [0.2, 0.25) is 0 Å². The number of aliphatic hydroxyl groups excluding tert-OH is 1. The first-order chi connectivity index (χ1) is 23.7. The van der Waals surface area contributed by atoms with Gasteiger partial charge in [0.2, 0.25) is 5.91 Å². The molecule has 2 saturated heterocycles. The lowest BCUT2D eigenvalue weighted by atomic mass is 10.1. The van der Waals surface area contributed by atoms with Crippen LogP contribution in [0.1, 0.15) is 25.2 Å². The zero-order valence-corrected chi connectivity index (χ0v) is 27.7. The molecule has 2 atom stereocenters. The summed E-state index contributed by atoms with van der Waals surface area (Å²) in [6.45, 7) is 4.62. The average molecular weight is 674 g/mol. The van der Waals surface area contributed by atoms with E-state index < -0.39 is 24.0 Å². The molecular formula is C35H40FN7O6. The number of aliphatic hydroxyl groups is 1. The molecule has 0 spiro atoms. The molecule has 13 nitrogen and oxygen atoms in total. The Hall–Kier alpha value is -5.21. The zero-order valence-electron chi connectivity index (χ0n) is 27.7. The predicted molar refractivity (Wildman–Crippen MR) is 183 cm³/mol. The topological polar surface area (TPSA) is 133 Å². The summed E-state index contributed by atoms with van der Waals surface area (Å²) in [6.07, 6.45) is 0.244. The summed E-state index contributed by atoms with van der Waals surface area (Å²) in [6, 6.07) is 16.1. The Morgan fingerprint density at radius 3 is 2.43 bits per heavy atom. The highest BCUT2D eigenvalue weighted by atomic mass is 19.1. The number of hydrogen-bond acceptors (Lipinski definition) is 9. The van der Waals surface area contributed by atoms with Crippen molar-refractivity contribution in [1.82, 2.24) is 19.5 Å². The number of aromatic nitrogens is 2. The van der Waals surface area contributed by atoms with E-state index in [9.17, 15) is 23.9 Å². The van der Waals surface area contributed by atoms with Gasteiger partial charge in [0, 0.05) is 37.9 Å². The van der Waals surface area contributed by atoms with Crippen LogP contribution in [0.25, 0.3) is 10.9 Å². The monoisotopic (exact) mass is 673 g/mol. The van der Waals surface area contributed by atoms with Crippen molar-refractivity contribution in [2.45, 2.75) is 25.5 Å². The van der Waals surface area contributed by atoms with Gasteiger partial charge in [-0.05, 0) is 61.9 Å². The van der Waals surface area contributed by atoms with Gasteiger partial charge in [-0.3, -0.25) is 19.4 Å². The standard InChI is InChI=1S/C35H40FN7O6/c1-23(42(30-13-12-27(48-2)20-31(30)49-3)35(47)37-25-10-8-24(36)9-11-25)33-38-29-7-5-4-6-28(29)34(46)43(33)41-18-16-40(17-19-41)32(45)22-39-15-14-26(44)21-39/h4-13,20,23,26,44H,14-19,21-22H2,1-3H3,(H,37,47). The number of para-hydroxylation sites is 1. The van der Waals surface area contributed by atoms with E-state index in [1.807, 2.05) is 9.91 Å². The van der Waals surface area contributed by atoms with Crippen LogP contribution in [0.5, 0.6) is 11.5 Å². The van der Waals surface area contributed by atoms with Crippen molar-refractivity contribution in [3.8, 4) is 11.5 Å². The third-order valence-corrected chi connectivity index (χ3v) is 9.00. The summed E-state index contributed by atoms with van der Waals surface area (Å²) in [5.41, 5.74) is 0.905. The van der Waals surface area contributed by atoms with Crippen molar-refractivity contribution >= 4 is 34.2 Å². The van der Waals surface area contributed by atoms with Crippen molar-refractivity contribution in [2.75, 3.05) is 75.3 Å². The Morgan fingerprint density at radius 2 is 1.76 bits per heavy atom. The number of benzene rings is 3. The molecule has 0 aliphatic carbocycles. The number of anilines is 2. The molecule has 2 aliphatic rings. The van der Waals surface area contributed by atoms with E-state index in [2.05, 4.69) is 5.32 Å². The van der Waals surface area contributed by atoms with E-state index >= 15 is 0 Å². The largest absolute Gasteiger partial charge is 0.497 e. The molecule has 3 aromatic carbocycles. The number of fused-ring (bicyclic) bond motifs is 1. The van der Waals surface area contributed by atoms with Gasteiger partial charge in [0.05, 0.1) is 62.6 Å². The lowest BCUT2D eigenvalue weighted by Gasteiger charge is -2.39. The van der Waals surface area contributed by atoms with Gasteiger partial charge in [-0.25, -0.2) is 18.8 Å². The third-order valence-electron chi connectivity index (χ3n) is 9.00. The Morgan fingerprint density at radius 1 is 1.02 bits per heavy atom. The summed E-state index contributed by atoms with van der Waals surface area (Å²) >= 11 is 0. The predicted octanol–water partition coefficient (Wildman–Crippen LogP) is 3.20. The Balaban J connectivity index is 1.37. The van der Waals surface area contributed by atoms with Crippen LogP contribution in [-0.4, -0.2) is 103 Å². The minimum atomic E-state index is -0.846. The van der Waals surface area contributed by atoms with Gasteiger partial charge in [0.15, 0.2) is 5.82 Å². The maximum atomic E-state index is 14.3. The number of methoxy groups -OCH3 is 2. The molecule has 3 amide bonds. The highest BCUT2D eigenvalue weighted by Gasteiger charge is 2.33. The summed E-state index contributed by atoms with van der Waals surface area (Å²) in [7, 11) is 3.01. The number of urea groups is 1. The second kappa shape index (κ2) is 14.5. The summed E-state index contributed by atoms with van der Waals surface area (Å²) < 4.78 is 26.3. The van der Waals surface area contributed by atoms with E-state index in [-0.39, 0.29) is 18.0 Å². The first-order valence-electron chi connectivity index (χ1n) is 16.2. The van der Waals surface area contributed by atoms with E-state index in [1.165, 1.54) is 48.1 Å². The number of piperazine rings is 1. The highest BCUT2D eigenvalue weighted by molar-refractivity contribution is 6.03. The molecule has 0 bridgehead atoms. The Kier molecular flexibility index (Phi) is 9.97. The number of halogens is 1. The number of β-amino-alcohol motifs (C(OH)–C–C–N with tert-alkyl or cyclic N) is 1. The molecule has 6 rings (SSSR count). The van der Waals surface area contributed by atoms with Crippen molar-refractivity contribution in [3.05, 3.63) is 88.7 Å². The fourth-order valence-corrected chi connectivity index (χ4v) is 6.39. The van der Waals surface area contributed by atoms with E-state index in [4.69, 9.17) is 14.5 Å². The minimum Gasteiger partial charge on any atom is -0.497 e. The molecule has 4 aromatic rings. The summed E-state index contributed by atoms with van der Waals surface area (Å²) in [5, 5.41) is 15.0. The van der Waals surface area contributed by atoms with Gasteiger partial charge in [-0.2, -0.15) is 0 Å². The van der Waals surface area contributed by atoms with Crippen LogP contribution in [0.15, 0.2) is 71.5 Å². The molecule has 14 heteroatoms. The van der Waals surface area contributed by atoms with Crippen molar-refractivity contribution in [1.29, 1.82) is 0 Å². The van der Waals surface area contributed by atoms with E-state index in [1.54, 1.807) is 54.3 Å². The van der Waals surface area contributed by atoms with Crippen molar-refractivity contribution < 1.29 is 28.6 Å². The number of carbonyl (C=O) groups excluding carboxylic acids is 2. The van der Waals surface area contributed by atoms with Crippen molar-refractivity contribution in [3.63, 3.8) is 0 Å². The van der Waals surface area contributed by atoms with Crippen LogP contribution >= 0.6 is 0 Å². The smallest absolute Gasteiger partial charge is 0.327 e. The SMILES string of the molecule is COc1ccc(N(C(=O)Nc2ccc(F)cc2)C(C)c2nc3ccccc3c(=O)n2N2CCN(C(=O)CN3CCC(O)C3)CC2)c(OC)c1. The Bertz CT molecular complexity index is 1880. The first kappa shape index (κ1) is 33.7. The van der Waals surface area contributed by atoms with Gasteiger partial charge in [-0.15, -0.1) is 0 Å². The first-order valence-corrected chi connectivity index (χ1v) is 16.2.